The summed E-state index contributed by atoms with van der Waals surface area (Å²) in [6.07, 6.45) is -1.51. The van der Waals surface area contributed by atoms with Crippen molar-refractivity contribution in [3.8, 4) is 0 Å². The van der Waals surface area contributed by atoms with Crippen LogP contribution < -0.4 is 0 Å². The average Bonchev–Trinajstić information content (AvgIpc) is 2.30. The minimum atomic E-state index is -0.628. The van der Waals surface area contributed by atoms with Gasteiger partial charge >= 0.3 is 0 Å². The molecule has 0 saturated carbocycles. The Morgan fingerprint density at radius 1 is 1.55 bits per heavy atom. The Bertz CT molecular complexity index is 110. The minimum Gasteiger partial charge on any atom is -0.394 e. The van der Waals surface area contributed by atoms with Crippen molar-refractivity contribution in [2.45, 2.75) is 25.4 Å². The predicted molar refractivity (Wildman–Crippen MR) is 37.9 cm³/mol. The molecule has 0 amide bonds. The molecule has 1 heterocycles. The van der Waals surface area contributed by atoms with Gasteiger partial charge in [-0.05, 0) is 0 Å². The first kappa shape index (κ1) is 8.93. The third-order valence-electron chi connectivity index (χ3n) is 2.13. The summed E-state index contributed by atoms with van der Waals surface area (Å²) in [5.41, 5.74) is 0. The molecule has 0 aromatic carbocycles. The lowest BCUT2D eigenvalue weighted by molar-refractivity contribution is -0.153. The second kappa shape index (κ2) is 3.49. The normalized spacial score (nSPS) is 44.7. The second-order valence-electron chi connectivity index (χ2n) is 2.81. The summed E-state index contributed by atoms with van der Waals surface area (Å²) in [5.74, 6) is -0.0649. The SMILES string of the molecule is COC1OC(CO)[C@H](C)C1O. The molecule has 0 radical (unpaired) electrons. The Kier molecular flexibility index (Phi) is 2.84. The highest BCUT2D eigenvalue weighted by molar-refractivity contribution is 4.82. The largest absolute Gasteiger partial charge is 0.394 e. The molecule has 1 rings (SSSR count). The molecular weight excluding hydrogens is 148 g/mol. The Morgan fingerprint density at radius 2 is 2.18 bits per heavy atom. The summed E-state index contributed by atoms with van der Waals surface area (Å²) in [6.45, 7) is 1.75. The van der Waals surface area contributed by atoms with Gasteiger partial charge in [-0.3, -0.25) is 0 Å². The standard InChI is InChI=1S/C7H14O4/c1-4-5(3-8)11-7(10-2)6(4)9/h4-9H,3H2,1-2H3/t4-,5?,6?,7?/m0/s1. The van der Waals surface area contributed by atoms with E-state index in [1.165, 1.54) is 7.11 Å². The molecule has 66 valence electrons. The molecule has 4 heteroatoms. The number of hydrogen-bond acceptors (Lipinski definition) is 4. The Balaban J connectivity index is 2.53. The van der Waals surface area contributed by atoms with Crippen LogP contribution in [0.15, 0.2) is 0 Å². The number of ether oxygens (including phenoxy) is 2. The van der Waals surface area contributed by atoms with Gasteiger partial charge in [0, 0.05) is 13.0 Å². The van der Waals surface area contributed by atoms with Gasteiger partial charge in [0.15, 0.2) is 6.29 Å². The summed E-state index contributed by atoms with van der Waals surface area (Å²) < 4.78 is 10.0. The molecule has 0 aromatic rings. The molecule has 0 spiro atoms. The smallest absolute Gasteiger partial charge is 0.183 e. The van der Waals surface area contributed by atoms with Gasteiger partial charge in [0.05, 0.1) is 12.7 Å². The van der Waals surface area contributed by atoms with Crippen molar-refractivity contribution in [3.63, 3.8) is 0 Å². The summed E-state index contributed by atoms with van der Waals surface area (Å²) in [4.78, 5) is 0. The van der Waals surface area contributed by atoms with E-state index in [0.29, 0.717) is 0 Å². The van der Waals surface area contributed by atoms with Crippen LogP contribution in [0.25, 0.3) is 0 Å². The fourth-order valence-electron chi connectivity index (χ4n) is 1.25. The van der Waals surface area contributed by atoms with Crippen LogP contribution in [0, 0.1) is 5.92 Å². The van der Waals surface area contributed by atoms with Gasteiger partial charge < -0.3 is 19.7 Å². The van der Waals surface area contributed by atoms with E-state index in [2.05, 4.69) is 0 Å². The molecule has 1 aliphatic rings. The topological polar surface area (TPSA) is 58.9 Å². The van der Waals surface area contributed by atoms with E-state index in [4.69, 9.17) is 14.6 Å². The summed E-state index contributed by atoms with van der Waals surface area (Å²) in [5, 5.41) is 18.2. The number of hydrogen-bond donors (Lipinski definition) is 2. The third-order valence-corrected chi connectivity index (χ3v) is 2.13. The first-order chi connectivity index (χ1) is 5.20. The lowest BCUT2D eigenvalue weighted by Crippen LogP contribution is -2.27. The lowest BCUT2D eigenvalue weighted by Gasteiger charge is -2.12. The van der Waals surface area contributed by atoms with Gasteiger partial charge in [-0.2, -0.15) is 0 Å². The number of methoxy groups -OCH3 is 1. The predicted octanol–water partition coefficient (Wildman–Crippen LogP) is -0.653. The quantitative estimate of drug-likeness (QED) is 0.566. The molecule has 11 heavy (non-hydrogen) atoms. The fourth-order valence-corrected chi connectivity index (χ4v) is 1.25. The molecule has 1 saturated heterocycles. The van der Waals surface area contributed by atoms with E-state index < -0.39 is 12.4 Å². The maximum Gasteiger partial charge on any atom is 0.183 e. The highest BCUT2D eigenvalue weighted by Gasteiger charge is 2.40. The van der Waals surface area contributed by atoms with Gasteiger partial charge in [0.25, 0.3) is 0 Å². The maximum absolute atomic E-state index is 9.40. The Morgan fingerprint density at radius 3 is 2.45 bits per heavy atom. The molecule has 2 N–H and O–H groups in total. The molecule has 4 nitrogen and oxygen atoms in total. The molecule has 0 aromatic heterocycles. The van der Waals surface area contributed by atoms with Crippen molar-refractivity contribution in [2.75, 3.05) is 13.7 Å². The van der Waals surface area contributed by atoms with Crippen molar-refractivity contribution in [1.82, 2.24) is 0 Å². The van der Waals surface area contributed by atoms with Gasteiger partial charge in [-0.25, -0.2) is 0 Å². The first-order valence-electron chi connectivity index (χ1n) is 3.68. The molecular formula is C7H14O4. The fraction of sp³-hybridized carbons (Fsp3) is 1.00. The molecule has 3 unspecified atom stereocenters. The van der Waals surface area contributed by atoms with E-state index >= 15 is 0 Å². The van der Waals surface area contributed by atoms with Crippen LogP contribution in [0.1, 0.15) is 6.92 Å². The van der Waals surface area contributed by atoms with Crippen molar-refractivity contribution in [3.05, 3.63) is 0 Å². The lowest BCUT2D eigenvalue weighted by atomic mass is 10.0. The zero-order chi connectivity index (χ0) is 8.43. The first-order valence-corrected chi connectivity index (χ1v) is 3.68. The highest BCUT2D eigenvalue weighted by Crippen LogP contribution is 2.26. The van der Waals surface area contributed by atoms with Crippen LogP contribution in [0.5, 0.6) is 0 Å². The van der Waals surface area contributed by atoms with E-state index in [9.17, 15) is 5.11 Å². The van der Waals surface area contributed by atoms with Gasteiger partial charge in [-0.15, -0.1) is 0 Å². The Labute approximate surface area is 65.7 Å². The number of aliphatic hydroxyl groups excluding tert-OH is 2. The molecule has 1 aliphatic heterocycles. The summed E-state index contributed by atoms with van der Waals surface area (Å²) in [7, 11) is 1.47. The molecule has 0 aliphatic carbocycles. The van der Waals surface area contributed by atoms with Crippen molar-refractivity contribution in [1.29, 1.82) is 0 Å². The Hall–Kier alpha value is -0.160. The van der Waals surface area contributed by atoms with Gasteiger partial charge in [0.1, 0.15) is 6.10 Å². The zero-order valence-electron chi connectivity index (χ0n) is 6.73. The van der Waals surface area contributed by atoms with Crippen LogP contribution in [-0.2, 0) is 9.47 Å². The number of rotatable bonds is 2. The average molecular weight is 162 g/mol. The van der Waals surface area contributed by atoms with Crippen molar-refractivity contribution >= 4 is 0 Å². The zero-order valence-corrected chi connectivity index (χ0v) is 6.73. The molecule has 1 fully saturated rings. The van der Waals surface area contributed by atoms with Gasteiger partial charge in [-0.1, -0.05) is 6.92 Å². The van der Waals surface area contributed by atoms with Crippen LogP contribution in [0.2, 0.25) is 0 Å². The third kappa shape index (κ3) is 1.54. The van der Waals surface area contributed by atoms with Crippen LogP contribution in [0.4, 0.5) is 0 Å². The van der Waals surface area contributed by atoms with Crippen molar-refractivity contribution in [2.24, 2.45) is 5.92 Å². The number of aliphatic hydroxyl groups is 2. The second-order valence-corrected chi connectivity index (χ2v) is 2.81. The highest BCUT2D eigenvalue weighted by atomic mass is 16.7. The van der Waals surface area contributed by atoms with E-state index in [1.54, 1.807) is 0 Å². The van der Waals surface area contributed by atoms with Gasteiger partial charge in [0.2, 0.25) is 0 Å². The van der Waals surface area contributed by atoms with Crippen LogP contribution >= 0.6 is 0 Å². The molecule has 4 atom stereocenters. The van der Waals surface area contributed by atoms with Crippen LogP contribution in [-0.4, -0.2) is 42.4 Å². The van der Waals surface area contributed by atoms with E-state index in [1.807, 2.05) is 6.92 Å². The van der Waals surface area contributed by atoms with E-state index in [0.717, 1.165) is 0 Å². The minimum absolute atomic E-state index is 0.0649. The molecule has 0 bridgehead atoms. The monoisotopic (exact) mass is 162 g/mol. The van der Waals surface area contributed by atoms with Crippen LogP contribution in [0.3, 0.4) is 0 Å². The maximum atomic E-state index is 9.40. The summed E-state index contributed by atoms with van der Waals surface area (Å²) in [6, 6.07) is 0. The summed E-state index contributed by atoms with van der Waals surface area (Å²) >= 11 is 0. The van der Waals surface area contributed by atoms with Crippen molar-refractivity contribution < 1.29 is 19.7 Å². The van der Waals surface area contributed by atoms with E-state index in [-0.39, 0.29) is 18.6 Å².